The maximum atomic E-state index is 13.2. The van der Waals surface area contributed by atoms with Crippen molar-refractivity contribution >= 4 is 21.9 Å². The number of carbonyl (C=O) groups excluding carboxylic acids is 2. The lowest BCUT2D eigenvalue weighted by atomic mass is 10.2. The first-order chi connectivity index (χ1) is 12.1. The number of nitrogens with two attached hydrogens (primary N) is 1. The van der Waals surface area contributed by atoms with Crippen molar-refractivity contribution in [2.75, 3.05) is 7.05 Å². The summed E-state index contributed by atoms with van der Waals surface area (Å²) in [6.45, 7) is 1.47. The third kappa shape index (κ3) is 4.90. The van der Waals surface area contributed by atoms with Crippen LogP contribution in [0.4, 0.5) is 4.39 Å². The Kier molecular flexibility index (Phi) is 5.78. The minimum atomic E-state index is -4.09. The average Bonchev–Trinajstić information content (AvgIpc) is 3.04. The first kappa shape index (κ1) is 19.6. The van der Waals surface area contributed by atoms with Crippen LogP contribution >= 0.6 is 0 Å². The number of amides is 1. The highest BCUT2D eigenvalue weighted by Crippen LogP contribution is 2.15. The first-order valence-corrected chi connectivity index (χ1v) is 8.95. The Morgan fingerprint density at radius 3 is 2.58 bits per heavy atom. The van der Waals surface area contributed by atoms with E-state index < -0.39 is 44.7 Å². The Bertz CT molecular complexity index is 924. The summed E-state index contributed by atoms with van der Waals surface area (Å²) in [5.74, 6) is -2.37. The van der Waals surface area contributed by atoms with E-state index >= 15 is 0 Å². The fraction of sp³-hybridized carbons (Fsp3) is 0.250. The molecule has 8 nitrogen and oxygen atoms in total. The molecule has 1 heterocycles. The molecule has 1 unspecified atom stereocenters. The number of likely N-dealkylation sites (N-methyl/N-ethyl adjacent to an activating group) is 1. The van der Waals surface area contributed by atoms with Crippen molar-refractivity contribution in [3.8, 4) is 0 Å². The van der Waals surface area contributed by atoms with Gasteiger partial charge in [-0.3, -0.25) is 4.79 Å². The van der Waals surface area contributed by atoms with Gasteiger partial charge in [-0.05, 0) is 36.8 Å². The van der Waals surface area contributed by atoms with Crippen LogP contribution in [-0.2, 0) is 26.1 Å². The number of esters is 1. The van der Waals surface area contributed by atoms with E-state index in [2.05, 4.69) is 0 Å². The predicted octanol–water partition coefficient (Wildman–Crippen LogP) is 1.27. The molecule has 2 aromatic rings. The van der Waals surface area contributed by atoms with Crippen LogP contribution in [0.1, 0.15) is 23.0 Å². The molecule has 0 aliphatic heterocycles. The van der Waals surface area contributed by atoms with Crippen molar-refractivity contribution in [1.29, 1.82) is 0 Å². The highest BCUT2D eigenvalue weighted by atomic mass is 32.2. The van der Waals surface area contributed by atoms with Gasteiger partial charge >= 0.3 is 5.97 Å². The van der Waals surface area contributed by atoms with Crippen LogP contribution in [0.25, 0.3) is 0 Å². The second-order valence-corrected chi connectivity index (χ2v) is 7.03. The Labute approximate surface area is 149 Å². The Hall–Kier alpha value is -2.72. The van der Waals surface area contributed by atoms with Crippen LogP contribution in [0.2, 0.25) is 0 Å². The maximum absolute atomic E-state index is 13.2. The Balaban J connectivity index is 1.99. The van der Waals surface area contributed by atoms with Crippen molar-refractivity contribution in [3.63, 3.8) is 0 Å². The molecule has 2 rings (SSSR count). The summed E-state index contributed by atoms with van der Waals surface area (Å²) in [4.78, 5) is 25.5. The molecule has 1 aromatic carbocycles. The summed E-state index contributed by atoms with van der Waals surface area (Å²) in [6, 6.07) is 7.84. The molecule has 26 heavy (non-hydrogen) atoms. The monoisotopic (exact) mass is 384 g/mol. The van der Waals surface area contributed by atoms with Crippen molar-refractivity contribution in [1.82, 2.24) is 4.90 Å². The van der Waals surface area contributed by atoms with Gasteiger partial charge in [-0.2, -0.15) is 0 Å². The van der Waals surface area contributed by atoms with Gasteiger partial charge in [0.2, 0.25) is 10.9 Å². The number of nitrogens with zero attached hydrogens (tertiary/aromatic N) is 1. The Morgan fingerprint density at radius 2 is 2.00 bits per heavy atom. The number of sulfonamides is 1. The number of hydrogen-bond donors (Lipinski definition) is 1. The number of halogens is 1. The molecule has 0 radical (unpaired) electrons. The molecule has 0 aliphatic rings. The predicted molar refractivity (Wildman–Crippen MR) is 87.8 cm³/mol. The number of rotatable bonds is 6. The van der Waals surface area contributed by atoms with Crippen LogP contribution in [0.5, 0.6) is 0 Å². The van der Waals surface area contributed by atoms with Crippen molar-refractivity contribution in [2.45, 2.75) is 24.7 Å². The van der Waals surface area contributed by atoms with Crippen LogP contribution in [-0.4, -0.2) is 38.3 Å². The highest BCUT2D eigenvalue weighted by Gasteiger charge is 2.25. The van der Waals surface area contributed by atoms with E-state index in [0.29, 0.717) is 5.56 Å². The van der Waals surface area contributed by atoms with Gasteiger partial charge in [0.05, 0.1) is 0 Å². The lowest BCUT2D eigenvalue weighted by Crippen LogP contribution is -2.37. The molecule has 0 aliphatic carbocycles. The lowest BCUT2D eigenvalue weighted by molar-refractivity contribution is -0.139. The van der Waals surface area contributed by atoms with Gasteiger partial charge in [0, 0.05) is 13.6 Å². The summed E-state index contributed by atoms with van der Waals surface area (Å²) in [6.07, 6.45) is -1.16. The topological polar surface area (TPSA) is 120 Å². The zero-order valence-corrected chi connectivity index (χ0v) is 14.8. The van der Waals surface area contributed by atoms with Gasteiger partial charge in [-0.15, -0.1) is 0 Å². The fourth-order valence-corrected chi connectivity index (χ4v) is 2.61. The smallest absolute Gasteiger partial charge is 0.375 e. The molecule has 1 aromatic heterocycles. The van der Waals surface area contributed by atoms with E-state index in [1.165, 1.54) is 37.1 Å². The molecule has 2 N–H and O–H groups in total. The summed E-state index contributed by atoms with van der Waals surface area (Å²) in [5, 5.41) is 4.29. The summed E-state index contributed by atoms with van der Waals surface area (Å²) >= 11 is 0. The van der Waals surface area contributed by atoms with E-state index in [0.717, 1.165) is 12.1 Å². The number of hydrogen-bond acceptors (Lipinski definition) is 6. The molecule has 0 spiro atoms. The van der Waals surface area contributed by atoms with Crippen LogP contribution in [0, 0.1) is 5.82 Å². The normalized spacial score (nSPS) is 12.5. The van der Waals surface area contributed by atoms with Gasteiger partial charge in [-0.1, -0.05) is 12.1 Å². The number of carbonyl (C=O) groups is 2. The van der Waals surface area contributed by atoms with E-state index in [4.69, 9.17) is 14.3 Å². The second-order valence-electron chi connectivity index (χ2n) is 5.54. The van der Waals surface area contributed by atoms with Crippen molar-refractivity contribution in [3.05, 3.63) is 53.5 Å². The van der Waals surface area contributed by atoms with E-state index in [-0.39, 0.29) is 6.54 Å². The van der Waals surface area contributed by atoms with Gasteiger partial charge in [-0.25, -0.2) is 22.7 Å². The van der Waals surface area contributed by atoms with Gasteiger partial charge < -0.3 is 14.1 Å². The lowest BCUT2D eigenvalue weighted by Gasteiger charge is -2.21. The Morgan fingerprint density at radius 1 is 1.31 bits per heavy atom. The molecule has 0 fully saturated rings. The summed E-state index contributed by atoms with van der Waals surface area (Å²) < 4.78 is 45.2. The molecule has 140 valence electrons. The SMILES string of the molecule is CC(OC(=O)c1ccc(S(N)(=O)=O)o1)C(=O)N(C)Cc1cccc(F)c1. The van der Waals surface area contributed by atoms with Crippen LogP contribution in [0.15, 0.2) is 45.9 Å². The van der Waals surface area contributed by atoms with E-state index in [1.807, 2.05) is 0 Å². The highest BCUT2D eigenvalue weighted by molar-refractivity contribution is 7.89. The zero-order valence-electron chi connectivity index (χ0n) is 14.0. The molecule has 1 atom stereocenters. The molecule has 1 amide bonds. The fourth-order valence-electron chi connectivity index (χ4n) is 2.15. The molecular formula is C16H17FN2O6S. The quantitative estimate of drug-likeness (QED) is 0.749. The molecule has 0 saturated carbocycles. The minimum Gasteiger partial charge on any atom is -0.447 e. The first-order valence-electron chi connectivity index (χ1n) is 7.41. The van der Waals surface area contributed by atoms with Gasteiger partial charge in [0.15, 0.2) is 6.10 Å². The van der Waals surface area contributed by atoms with Crippen LogP contribution < -0.4 is 5.14 Å². The number of benzene rings is 1. The minimum absolute atomic E-state index is 0.120. The third-order valence-corrected chi connectivity index (χ3v) is 4.16. The van der Waals surface area contributed by atoms with Crippen LogP contribution in [0.3, 0.4) is 0 Å². The van der Waals surface area contributed by atoms with E-state index in [9.17, 15) is 22.4 Å². The van der Waals surface area contributed by atoms with Gasteiger partial charge in [0.25, 0.3) is 15.9 Å². The summed E-state index contributed by atoms with van der Waals surface area (Å²) in [5.41, 5.74) is 0.572. The van der Waals surface area contributed by atoms with E-state index in [1.54, 1.807) is 6.07 Å². The maximum Gasteiger partial charge on any atom is 0.375 e. The number of furan rings is 1. The molecule has 0 bridgehead atoms. The molecular weight excluding hydrogens is 367 g/mol. The second kappa shape index (κ2) is 7.67. The summed E-state index contributed by atoms with van der Waals surface area (Å²) in [7, 11) is -2.62. The average molecular weight is 384 g/mol. The molecule has 0 saturated heterocycles. The molecule has 10 heteroatoms. The van der Waals surface area contributed by atoms with Gasteiger partial charge in [0.1, 0.15) is 5.82 Å². The van der Waals surface area contributed by atoms with Crippen molar-refractivity contribution in [2.24, 2.45) is 5.14 Å². The third-order valence-electron chi connectivity index (χ3n) is 3.38. The largest absolute Gasteiger partial charge is 0.447 e. The number of ether oxygens (including phenoxy) is 1. The standard InChI is InChI=1S/C16H17FN2O6S/c1-10(15(20)19(2)9-11-4-3-5-12(17)8-11)24-16(21)13-6-7-14(25-13)26(18,22)23/h3-8,10H,9H2,1-2H3,(H2,18,22,23). The van der Waals surface area contributed by atoms with Crippen molar-refractivity contribution < 1.29 is 31.6 Å². The number of primary sulfonamides is 1. The zero-order chi connectivity index (χ0) is 19.5.